The standard InChI is InChI=1S/C14H12FN3OS/c15-12-7-10(2-1-4-16)6-11(8-12)9-20-14-17-5-3-13(19)18-14/h3,5-8H,4,9,16H2,(H,17,18,19). The lowest BCUT2D eigenvalue weighted by Crippen LogP contribution is -2.05. The molecule has 1 heterocycles. The molecule has 0 atom stereocenters. The Bertz CT molecular complexity index is 718. The molecule has 102 valence electrons. The number of aromatic nitrogens is 2. The van der Waals surface area contributed by atoms with Gasteiger partial charge in [-0.05, 0) is 23.8 Å². The largest absolute Gasteiger partial charge is 0.320 e. The smallest absolute Gasteiger partial charge is 0.251 e. The first-order valence-electron chi connectivity index (χ1n) is 5.84. The minimum absolute atomic E-state index is 0.212. The minimum Gasteiger partial charge on any atom is -0.320 e. The molecular formula is C14H12FN3OS. The summed E-state index contributed by atoms with van der Waals surface area (Å²) in [5.41, 5.74) is 6.43. The topological polar surface area (TPSA) is 71.8 Å². The Hall–Kier alpha value is -2.10. The van der Waals surface area contributed by atoms with E-state index in [2.05, 4.69) is 21.8 Å². The van der Waals surface area contributed by atoms with Crippen LogP contribution < -0.4 is 11.3 Å². The van der Waals surface area contributed by atoms with E-state index in [1.165, 1.54) is 36.2 Å². The monoisotopic (exact) mass is 289 g/mol. The van der Waals surface area contributed by atoms with Crippen molar-refractivity contribution in [1.82, 2.24) is 9.97 Å². The number of nitrogens with two attached hydrogens (primary N) is 1. The molecule has 0 bridgehead atoms. The van der Waals surface area contributed by atoms with Crippen LogP contribution in [0.5, 0.6) is 0 Å². The van der Waals surface area contributed by atoms with Crippen LogP contribution in [0.1, 0.15) is 11.1 Å². The number of thioether (sulfide) groups is 1. The second kappa shape index (κ2) is 6.89. The number of hydrogen-bond acceptors (Lipinski definition) is 4. The van der Waals surface area contributed by atoms with E-state index >= 15 is 0 Å². The van der Waals surface area contributed by atoms with Crippen LogP contribution >= 0.6 is 11.8 Å². The van der Waals surface area contributed by atoms with Gasteiger partial charge in [-0.25, -0.2) is 9.37 Å². The zero-order valence-corrected chi connectivity index (χ0v) is 11.3. The van der Waals surface area contributed by atoms with E-state index in [0.29, 0.717) is 16.5 Å². The van der Waals surface area contributed by atoms with Crippen LogP contribution in [0.4, 0.5) is 4.39 Å². The first kappa shape index (κ1) is 14.3. The van der Waals surface area contributed by atoms with Crippen LogP contribution in [-0.2, 0) is 5.75 Å². The summed E-state index contributed by atoms with van der Waals surface area (Å²) in [6.45, 7) is 0.232. The lowest BCUT2D eigenvalue weighted by Gasteiger charge is -2.02. The predicted octanol–water partition coefficient (Wildman–Crippen LogP) is 1.51. The molecule has 2 aromatic rings. The molecule has 0 radical (unpaired) electrons. The maximum atomic E-state index is 13.5. The summed E-state index contributed by atoms with van der Waals surface area (Å²) in [5.74, 6) is 5.62. The Morgan fingerprint density at radius 3 is 3.00 bits per heavy atom. The minimum atomic E-state index is -0.348. The summed E-state index contributed by atoms with van der Waals surface area (Å²) >= 11 is 1.32. The number of nitrogens with zero attached hydrogens (tertiary/aromatic N) is 1. The number of benzene rings is 1. The molecule has 0 aliphatic carbocycles. The maximum absolute atomic E-state index is 13.5. The molecule has 0 spiro atoms. The molecule has 0 amide bonds. The van der Waals surface area contributed by atoms with Crippen molar-refractivity contribution in [2.75, 3.05) is 6.54 Å². The normalized spacial score (nSPS) is 9.90. The summed E-state index contributed by atoms with van der Waals surface area (Å²) in [4.78, 5) is 17.7. The first-order valence-corrected chi connectivity index (χ1v) is 6.82. The number of nitrogens with one attached hydrogen (secondary N) is 1. The zero-order valence-electron chi connectivity index (χ0n) is 10.5. The van der Waals surface area contributed by atoms with Crippen molar-refractivity contribution in [1.29, 1.82) is 0 Å². The van der Waals surface area contributed by atoms with Crippen molar-refractivity contribution in [3.63, 3.8) is 0 Å². The van der Waals surface area contributed by atoms with Gasteiger partial charge in [0.1, 0.15) is 5.82 Å². The van der Waals surface area contributed by atoms with Crippen molar-refractivity contribution in [2.24, 2.45) is 5.73 Å². The van der Waals surface area contributed by atoms with Gasteiger partial charge < -0.3 is 10.7 Å². The molecule has 0 aliphatic rings. The third kappa shape index (κ3) is 4.23. The zero-order chi connectivity index (χ0) is 14.4. The second-order valence-electron chi connectivity index (χ2n) is 3.88. The van der Waals surface area contributed by atoms with Crippen molar-refractivity contribution in [3.05, 3.63) is 57.8 Å². The van der Waals surface area contributed by atoms with Gasteiger partial charge in [0.25, 0.3) is 5.56 Å². The average Bonchev–Trinajstić information content (AvgIpc) is 2.42. The highest BCUT2D eigenvalue weighted by molar-refractivity contribution is 7.98. The van der Waals surface area contributed by atoms with Crippen LogP contribution in [0.3, 0.4) is 0 Å². The van der Waals surface area contributed by atoms with Gasteiger partial charge in [-0.15, -0.1) is 0 Å². The molecule has 4 nitrogen and oxygen atoms in total. The van der Waals surface area contributed by atoms with Gasteiger partial charge in [-0.2, -0.15) is 0 Å². The Balaban J connectivity index is 2.13. The third-order valence-corrected chi connectivity index (χ3v) is 3.27. The number of halogens is 1. The van der Waals surface area contributed by atoms with E-state index in [4.69, 9.17) is 5.73 Å². The molecule has 3 N–H and O–H groups in total. The summed E-state index contributed by atoms with van der Waals surface area (Å²) in [7, 11) is 0. The summed E-state index contributed by atoms with van der Waals surface area (Å²) in [5, 5.41) is 0.497. The van der Waals surface area contributed by atoms with Gasteiger partial charge in [0.2, 0.25) is 0 Å². The first-order chi connectivity index (χ1) is 9.67. The van der Waals surface area contributed by atoms with Gasteiger partial charge in [-0.1, -0.05) is 23.6 Å². The van der Waals surface area contributed by atoms with Gasteiger partial charge in [-0.3, -0.25) is 4.79 Å². The van der Waals surface area contributed by atoms with E-state index in [0.717, 1.165) is 5.56 Å². The highest BCUT2D eigenvalue weighted by Gasteiger charge is 2.02. The Morgan fingerprint density at radius 1 is 1.40 bits per heavy atom. The van der Waals surface area contributed by atoms with Crippen LogP contribution in [0.15, 0.2) is 40.4 Å². The number of aromatic amines is 1. The maximum Gasteiger partial charge on any atom is 0.251 e. The Morgan fingerprint density at radius 2 is 2.25 bits per heavy atom. The average molecular weight is 289 g/mol. The number of H-pyrrole nitrogens is 1. The summed E-state index contributed by atoms with van der Waals surface area (Å²) < 4.78 is 13.5. The fourth-order valence-electron chi connectivity index (χ4n) is 1.54. The van der Waals surface area contributed by atoms with Crippen molar-refractivity contribution >= 4 is 11.8 Å². The van der Waals surface area contributed by atoms with Crippen LogP contribution in [0.25, 0.3) is 0 Å². The molecule has 0 fully saturated rings. The predicted molar refractivity (Wildman–Crippen MR) is 76.8 cm³/mol. The van der Waals surface area contributed by atoms with Crippen LogP contribution in [0, 0.1) is 17.7 Å². The van der Waals surface area contributed by atoms with E-state index in [1.54, 1.807) is 6.07 Å². The molecule has 6 heteroatoms. The molecular weight excluding hydrogens is 277 g/mol. The molecule has 1 aromatic heterocycles. The third-order valence-electron chi connectivity index (χ3n) is 2.32. The van der Waals surface area contributed by atoms with Gasteiger partial charge in [0.15, 0.2) is 5.16 Å². The summed E-state index contributed by atoms with van der Waals surface area (Å²) in [6.07, 6.45) is 1.44. The Kier molecular flexibility index (Phi) is 4.93. The van der Waals surface area contributed by atoms with Gasteiger partial charge >= 0.3 is 0 Å². The summed E-state index contributed by atoms with van der Waals surface area (Å²) in [6, 6.07) is 5.92. The fraction of sp³-hybridized carbons (Fsp3) is 0.143. The highest BCUT2D eigenvalue weighted by atomic mass is 32.2. The van der Waals surface area contributed by atoms with Gasteiger partial charge in [0, 0.05) is 23.6 Å². The SMILES string of the molecule is NCC#Cc1cc(F)cc(CSc2nccc(=O)[nH]2)c1. The van der Waals surface area contributed by atoms with Crippen molar-refractivity contribution in [2.45, 2.75) is 10.9 Å². The van der Waals surface area contributed by atoms with Crippen molar-refractivity contribution in [3.8, 4) is 11.8 Å². The Labute approximate surface area is 119 Å². The van der Waals surface area contributed by atoms with Crippen LogP contribution in [0.2, 0.25) is 0 Å². The van der Waals surface area contributed by atoms with E-state index in [-0.39, 0.29) is 17.9 Å². The molecule has 0 saturated heterocycles. The fourth-order valence-corrected chi connectivity index (χ4v) is 2.31. The molecule has 20 heavy (non-hydrogen) atoms. The van der Waals surface area contributed by atoms with E-state index < -0.39 is 0 Å². The molecule has 0 aliphatic heterocycles. The highest BCUT2D eigenvalue weighted by Crippen LogP contribution is 2.19. The van der Waals surface area contributed by atoms with Gasteiger partial charge in [0.05, 0.1) is 6.54 Å². The number of hydrogen-bond donors (Lipinski definition) is 2. The lowest BCUT2D eigenvalue weighted by atomic mass is 10.1. The second-order valence-corrected chi connectivity index (χ2v) is 4.85. The molecule has 0 saturated carbocycles. The lowest BCUT2D eigenvalue weighted by molar-refractivity contribution is 0.626. The van der Waals surface area contributed by atoms with E-state index in [1.807, 2.05) is 0 Å². The molecule has 1 aromatic carbocycles. The molecule has 0 unspecified atom stereocenters. The molecule has 2 rings (SSSR count). The van der Waals surface area contributed by atoms with Crippen LogP contribution in [-0.4, -0.2) is 16.5 Å². The van der Waals surface area contributed by atoms with Crippen molar-refractivity contribution < 1.29 is 4.39 Å². The quantitative estimate of drug-likeness (QED) is 0.510. The van der Waals surface area contributed by atoms with E-state index in [9.17, 15) is 9.18 Å². The number of rotatable bonds is 3.